The predicted octanol–water partition coefficient (Wildman–Crippen LogP) is 3.67. The molecule has 1 unspecified atom stereocenters. The average Bonchev–Trinajstić information content (AvgIpc) is 2.48. The van der Waals surface area contributed by atoms with E-state index in [4.69, 9.17) is 21.1 Å². The first kappa shape index (κ1) is 14.7. The summed E-state index contributed by atoms with van der Waals surface area (Å²) in [5.41, 5.74) is 2.09. The molecule has 106 valence electrons. The third kappa shape index (κ3) is 3.06. The number of rotatable bonds is 5. The van der Waals surface area contributed by atoms with E-state index in [1.165, 1.54) is 0 Å². The van der Waals surface area contributed by atoms with Crippen LogP contribution in [0.3, 0.4) is 0 Å². The summed E-state index contributed by atoms with van der Waals surface area (Å²) in [5.74, 6) is 1.63. The van der Waals surface area contributed by atoms with Crippen LogP contribution in [0.4, 0.5) is 0 Å². The van der Waals surface area contributed by atoms with Crippen LogP contribution in [0.25, 0.3) is 0 Å². The zero-order valence-corrected chi connectivity index (χ0v) is 12.6. The van der Waals surface area contributed by atoms with Gasteiger partial charge in [-0.15, -0.1) is 0 Å². The smallest absolute Gasteiger partial charge is 0.124 e. The molecule has 2 aromatic rings. The van der Waals surface area contributed by atoms with Gasteiger partial charge in [-0.05, 0) is 42.9 Å². The molecule has 0 aliphatic rings. The number of nitrogens with one attached hydrogen (secondary N) is 1. The van der Waals surface area contributed by atoms with Gasteiger partial charge in [-0.2, -0.15) is 0 Å². The predicted molar refractivity (Wildman–Crippen MR) is 81.9 cm³/mol. The van der Waals surface area contributed by atoms with E-state index in [1.807, 2.05) is 49.5 Å². The van der Waals surface area contributed by atoms with Crippen LogP contribution in [0.1, 0.15) is 17.2 Å². The van der Waals surface area contributed by atoms with E-state index in [0.717, 1.165) is 22.6 Å². The zero-order chi connectivity index (χ0) is 14.5. The fourth-order valence-electron chi connectivity index (χ4n) is 2.25. The van der Waals surface area contributed by atoms with Gasteiger partial charge in [0.05, 0.1) is 20.3 Å². The Kier molecular flexibility index (Phi) is 4.88. The number of hydrogen-bond donors (Lipinski definition) is 1. The Bertz CT molecular complexity index is 586. The van der Waals surface area contributed by atoms with Crippen molar-refractivity contribution >= 4 is 11.6 Å². The maximum absolute atomic E-state index is 6.11. The molecule has 4 heteroatoms. The highest BCUT2D eigenvalue weighted by Gasteiger charge is 2.17. The van der Waals surface area contributed by atoms with Crippen molar-refractivity contribution < 1.29 is 9.47 Å². The Labute approximate surface area is 124 Å². The number of halogens is 1. The molecule has 0 radical (unpaired) electrons. The second kappa shape index (κ2) is 6.64. The van der Waals surface area contributed by atoms with Gasteiger partial charge < -0.3 is 14.8 Å². The quantitative estimate of drug-likeness (QED) is 0.912. The van der Waals surface area contributed by atoms with Crippen molar-refractivity contribution in [2.24, 2.45) is 0 Å². The Balaban J connectivity index is 2.48. The van der Waals surface area contributed by atoms with E-state index in [9.17, 15) is 0 Å². The van der Waals surface area contributed by atoms with Gasteiger partial charge in [0.2, 0.25) is 0 Å². The maximum Gasteiger partial charge on any atom is 0.124 e. The highest BCUT2D eigenvalue weighted by molar-refractivity contribution is 6.30. The number of hydrogen-bond acceptors (Lipinski definition) is 3. The number of benzene rings is 2. The highest BCUT2D eigenvalue weighted by atomic mass is 35.5. The van der Waals surface area contributed by atoms with Gasteiger partial charge in [-0.25, -0.2) is 0 Å². The van der Waals surface area contributed by atoms with Crippen LogP contribution >= 0.6 is 11.6 Å². The van der Waals surface area contributed by atoms with Crippen molar-refractivity contribution in [3.63, 3.8) is 0 Å². The van der Waals surface area contributed by atoms with E-state index in [1.54, 1.807) is 14.2 Å². The first-order valence-corrected chi connectivity index (χ1v) is 6.72. The molecule has 0 saturated heterocycles. The molecular weight excluding hydrogens is 274 g/mol. The lowest BCUT2D eigenvalue weighted by Gasteiger charge is -2.20. The molecule has 0 fully saturated rings. The van der Waals surface area contributed by atoms with Crippen molar-refractivity contribution in [2.45, 2.75) is 6.04 Å². The minimum atomic E-state index is -0.0150. The lowest BCUT2D eigenvalue weighted by atomic mass is 9.98. The molecule has 20 heavy (non-hydrogen) atoms. The normalized spacial score (nSPS) is 12.0. The molecule has 3 nitrogen and oxygen atoms in total. The topological polar surface area (TPSA) is 30.5 Å². The van der Waals surface area contributed by atoms with E-state index in [2.05, 4.69) is 5.32 Å². The van der Waals surface area contributed by atoms with Gasteiger partial charge >= 0.3 is 0 Å². The van der Waals surface area contributed by atoms with Gasteiger partial charge in [0.25, 0.3) is 0 Å². The SMILES string of the molecule is CNC(c1cccc(OC)c1)c1cc(Cl)ccc1OC. The zero-order valence-electron chi connectivity index (χ0n) is 11.8. The molecule has 0 amide bonds. The average molecular weight is 292 g/mol. The van der Waals surface area contributed by atoms with Crippen molar-refractivity contribution in [3.05, 3.63) is 58.6 Å². The Hall–Kier alpha value is -1.71. The molecule has 2 aromatic carbocycles. The lowest BCUT2D eigenvalue weighted by Crippen LogP contribution is -2.18. The fourth-order valence-corrected chi connectivity index (χ4v) is 2.43. The summed E-state index contributed by atoms with van der Waals surface area (Å²) in [6.07, 6.45) is 0. The van der Waals surface area contributed by atoms with Gasteiger partial charge in [-0.3, -0.25) is 0 Å². The molecular formula is C16H18ClNO2. The van der Waals surface area contributed by atoms with Crippen molar-refractivity contribution in [2.75, 3.05) is 21.3 Å². The molecule has 0 saturated carbocycles. The summed E-state index contributed by atoms with van der Waals surface area (Å²) in [5, 5.41) is 3.98. The molecule has 0 aromatic heterocycles. The molecule has 0 bridgehead atoms. The van der Waals surface area contributed by atoms with E-state index >= 15 is 0 Å². The lowest BCUT2D eigenvalue weighted by molar-refractivity contribution is 0.404. The molecule has 2 rings (SSSR count). The third-order valence-corrected chi connectivity index (χ3v) is 3.45. The molecule has 1 atom stereocenters. The first-order valence-electron chi connectivity index (χ1n) is 6.34. The van der Waals surface area contributed by atoms with Crippen LogP contribution in [0, 0.1) is 0 Å². The summed E-state index contributed by atoms with van der Waals surface area (Å²) in [6.45, 7) is 0. The first-order chi connectivity index (χ1) is 9.69. The second-order valence-corrected chi connectivity index (χ2v) is 4.82. The van der Waals surface area contributed by atoms with Gasteiger partial charge in [-0.1, -0.05) is 23.7 Å². The molecule has 0 aliphatic heterocycles. The van der Waals surface area contributed by atoms with Crippen molar-refractivity contribution in [1.82, 2.24) is 5.32 Å². The molecule has 1 N–H and O–H groups in total. The summed E-state index contributed by atoms with van der Waals surface area (Å²) in [4.78, 5) is 0. The second-order valence-electron chi connectivity index (χ2n) is 4.38. The fraction of sp³-hybridized carbons (Fsp3) is 0.250. The minimum absolute atomic E-state index is 0.0150. The van der Waals surface area contributed by atoms with E-state index in [-0.39, 0.29) is 6.04 Å². The monoisotopic (exact) mass is 291 g/mol. The van der Waals surface area contributed by atoms with Crippen molar-refractivity contribution in [1.29, 1.82) is 0 Å². The van der Waals surface area contributed by atoms with Gasteiger partial charge in [0.15, 0.2) is 0 Å². The summed E-state index contributed by atoms with van der Waals surface area (Å²) >= 11 is 6.11. The third-order valence-electron chi connectivity index (χ3n) is 3.22. The Morgan fingerprint density at radius 1 is 1.05 bits per heavy atom. The van der Waals surface area contributed by atoms with Gasteiger partial charge in [0, 0.05) is 10.6 Å². The van der Waals surface area contributed by atoms with Crippen LogP contribution in [0.2, 0.25) is 5.02 Å². The Morgan fingerprint density at radius 3 is 2.50 bits per heavy atom. The molecule has 0 heterocycles. The largest absolute Gasteiger partial charge is 0.497 e. The number of ether oxygens (including phenoxy) is 2. The summed E-state index contributed by atoms with van der Waals surface area (Å²) < 4.78 is 10.7. The summed E-state index contributed by atoms with van der Waals surface area (Å²) in [7, 11) is 5.23. The standard InChI is InChI=1S/C16H18ClNO2/c1-18-16(11-5-4-6-13(9-11)19-2)14-10-12(17)7-8-15(14)20-3/h4-10,16,18H,1-3H3. The van der Waals surface area contributed by atoms with Crippen molar-refractivity contribution in [3.8, 4) is 11.5 Å². The molecule has 0 spiro atoms. The van der Waals surface area contributed by atoms with Crippen LogP contribution in [-0.2, 0) is 0 Å². The van der Waals surface area contributed by atoms with Gasteiger partial charge in [0.1, 0.15) is 11.5 Å². The van der Waals surface area contributed by atoms with Crippen LogP contribution < -0.4 is 14.8 Å². The maximum atomic E-state index is 6.11. The van der Waals surface area contributed by atoms with Crippen LogP contribution in [-0.4, -0.2) is 21.3 Å². The summed E-state index contributed by atoms with van der Waals surface area (Å²) in [6, 6.07) is 13.5. The highest BCUT2D eigenvalue weighted by Crippen LogP contribution is 2.33. The van der Waals surface area contributed by atoms with Crippen LogP contribution in [0.5, 0.6) is 11.5 Å². The van der Waals surface area contributed by atoms with E-state index < -0.39 is 0 Å². The number of methoxy groups -OCH3 is 2. The minimum Gasteiger partial charge on any atom is -0.497 e. The van der Waals surface area contributed by atoms with Crippen LogP contribution in [0.15, 0.2) is 42.5 Å². The Morgan fingerprint density at radius 2 is 1.85 bits per heavy atom. The van der Waals surface area contributed by atoms with E-state index in [0.29, 0.717) is 5.02 Å². The molecule has 0 aliphatic carbocycles.